The molecule has 2 heteroatoms. The summed E-state index contributed by atoms with van der Waals surface area (Å²) in [5.74, 6) is 0. The summed E-state index contributed by atoms with van der Waals surface area (Å²) in [5.41, 5.74) is 12.5. The lowest BCUT2D eigenvalue weighted by Gasteiger charge is -2.37. The summed E-state index contributed by atoms with van der Waals surface area (Å²) in [6.45, 7) is 26.0. The summed E-state index contributed by atoms with van der Waals surface area (Å²) in [6, 6.07) is 9.55. The molecule has 156 valence electrons. The molecule has 0 saturated heterocycles. The van der Waals surface area contributed by atoms with Crippen molar-refractivity contribution in [2.24, 2.45) is 0 Å². The fourth-order valence-electron chi connectivity index (χ4n) is 5.03. The van der Waals surface area contributed by atoms with E-state index < -0.39 is 0 Å². The summed E-state index contributed by atoms with van der Waals surface area (Å²) in [5, 5.41) is 3.89. The second-order valence-electron chi connectivity index (χ2n) is 10.2. The molecule has 0 radical (unpaired) electrons. The molecule has 1 heterocycles. The molecule has 3 rings (SSSR count). The Morgan fingerprint density at radius 2 is 1.17 bits per heavy atom. The Bertz CT molecular complexity index is 945. The third-order valence-electron chi connectivity index (χ3n) is 5.87. The van der Waals surface area contributed by atoms with Crippen LogP contribution in [-0.2, 0) is 5.16 Å². The van der Waals surface area contributed by atoms with Crippen LogP contribution in [0.4, 0.5) is 0 Å². The molecule has 0 aliphatic carbocycles. The molecular formula is C27H38P2. The molecule has 0 atom stereocenters. The first-order valence-electron chi connectivity index (χ1n) is 10.8. The van der Waals surface area contributed by atoms with E-state index in [1.165, 1.54) is 33.4 Å². The van der Waals surface area contributed by atoms with Crippen molar-refractivity contribution in [3.8, 4) is 21.2 Å². The van der Waals surface area contributed by atoms with Crippen LogP contribution in [0, 0.1) is 41.5 Å². The first-order chi connectivity index (χ1) is 13.3. The molecular weight excluding hydrogens is 386 g/mol. The molecule has 0 amide bonds. The lowest BCUT2D eigenvalue weighted by molar-refractivity contribution is 0.720. The Labute approximate surface area is 180 Å². The molecule has 0 bridgehead atoms. The molecule has 0 nitrogen and oxygen atoms in total. The normalized spacial score (nSPS) is 13.5. The molecule has 29 heavy (non-hydrogen) atoms. The van der Waals surface area contributed by atoms with Crippen molar-refractivity contribution in [1.29, 1.82) is 0 Å². The molecule has 0 spiro atoms. The summed E-state index contributed by atoms with van der Waals surface area (Å²) < 4.78 is 0. The number of hydrogen-bond acceptors (Lipinski definition) is 0. The second kappa shape index (κ2) is 7.80. The highest BCUT2D eigenvalue weighted by Gasteiger charge is 2.37. The molecule has 3 aromatic rings. The van der Waals surface area contributed by atoms with E-state index in [1.807, 2.05) is 10.1 Å². The lowest BCUT2D eigenvalue weighted by Crippen LogP contribution is -2.08. The maximum absolute atomic E-state index is 2.46. The quantitative estimate of drug-likeness (QED) is 0.367. The van der Waals surface area contributed by atoms with Crippen LogP contribution in [0.3, 0.4) is 0 Å². The van der Waals surface area contributed by atoms with Crippen molar-refractivity contribution in [1.82, 2.24) is 0 Å². The van der Waals surface area contributed by atoms with Gasteiger partial charge < -0.3 is 0 Å². The monoisotopic (exact) mass is 424 g/mol. The first kappa shape index (κ1) is 22.5. The standard InChI is InChI=1S/C27H38P2/c1-16(2)28-25(23-19(5)12-17(3)13-20(23)6)29(27(9,10)11)26(28)24-21(7)14-18(4)15-22(24)8/h12-16H,1-11H3. The predicted molar refractivity (Wildman–Crippen MR) is 137 cm³/mol. The maximum Gasteiger partial charge on any atom is 0.0655 e. The van der Waals surface area contributed by atoms with Crippen LogP contribution in [0.5, 0.6) is 0 Å². The van der Waals surface area contributed by atoms with Crippen LogP contribution in [0.1, 0.15) is 73.7 Å². The highest BCUT2D eigenvalue weighted by molar-refractivity contribution is 7.86. The minimum absolute atomic E-state index is 0.262. The highest BCUT2D eigenvalue weighted by Crippen LogP contribution is 2.79. The highest BCUT2D eigenvalue weighted by atomic mass is 31.2. The van der Waals surface area contributed by atoms with Crippen molar-refractivity contribution in [3.05, 3.63) is 57.6 Å². The van der Waals surface area contributed by atoms with Gasteiger partial charge in [0.25, 0.3) is 0 Å². The van der Waals surface area contributed by atoms with Crippen LogP contribution in [0.15, 0.2) is 24.3 Å². The topological polar surface area (TPSA) is 0 Å². The minimum Gasteiger partial charge on any atom is -0.104 e. The van der Waals surface area contributed by atoms with Crippen LogP contribution >= 0.6 is 15.1 Å². The Hall–Kier alpha value is -1.22. The van der Waals surface area contributed by atoms with Gasteiger partial charge in [-0.1, -0.05) is 69.9 Å². The number of rotatable bonds is 3. The lowest BCUT2D eigenvalue weighted by atomic mass is 10.0. The van der Waals surface area contributed by atoms with Crippen molar-refractivity contribution in [3.63, 3.8) is 0 Å². The van der Waals surface area contributed by atoms with Gasteiger partial charge in [-0.3, -0.25) is 0 Å². The van der Waals surface area contributed by atoms with Crippen LogP contribution in [0.25, 0.3) is 21.2 Å². The zero-order valence-corrected chi connectivity index (χ0v) is 22.1. The fourth-order valence-corrected chi connectivity index (χ4v) is 15.4. The fraction of sp³-hybridized carbons (Fsp3) is 0.481. The Morgan fingerprint density at radius 1 is 0.759 bits per heavy atom. The molecule has 0 unspecified atom stereocenters. The number of benzene rings is 2. The van der Waals surface area contributed by atoms with E-state index in [2.05, 4.69) is 100 Å². The Balaban J connectivity index is 2.45. The summed E-state index contributed by atoms with van der Waals surface area (Å²) in [6.07, 6.45) is 0. The van der Waals surface area contributed by atoms with Gasteiger partial charge in [-0.05, 0) is 79.0 Å². The average molecular weight is 425 g/mol. The smallest absolute Gasteiger partial charge is 0.0655 e. The zero-order valence-electron chi connectivity index (χ0n) is 20.3. The van der Waals surface area contributed by atoms with E-state index in [1.54, 1.807) is 11.1 Å². The van der Waals surface area contributed by atoms with E-state index in [4.69, 9.17) is 0 Å². The van der Waals surface area contributed by atoms with E-state index >= 15 is 0 Å². The molecule has 2 aromatic carbocycles. The molecule has 0 aliphatic heterocycles. The predicted octanol–water partition coefficient (Wildman–Crippen LogP) is 10.2. The van der Waals surface area contributed by atoms with E-state index in [-0.39, 0.29) is 20.2 Å². The summed E-state index contributed by atoms with van der Waals surface area (Å²) in [7, 11) is -0.574. The van der Waals surface area contributed by atoms with Gasteiger partial charge in [-0.2, -0.15) is 0 Å². The van der Waals surface area contributed by atoms with Gasteiger partial charge in [0.1, 0.15) is 0 Å². The molecule has 1 aromatic heterocycles. The van der Waals surface area contributed by atoms with Crippen LogP contribution in [0.2, 0.25) is 0 Å². The van der Waals surface area contributed by atoms with Gasteiger partial charge in [0.05, 0.1) is 10.1 Å². The summed E-state index contributed by atoms with van der Waals surface area (Å²) in [4.78, 5) is 0. The van der Waals surface area contributed by atoms with Crippen molar-refractivity contribution >= 4 is 15.1 Å². The average Bonchev–Trinajstić information content (AvgIpc) is 2.48. The molecule has 0 N–H and O–H groups in total. The summed E-state index contributed by atoms with van der Waals surface area (Å²) >= 11 is 0. The van der Waals surface area contributed by atoms with Gasteiger partial charge in [0.2, 0.25) is 0 Å². The Kier molecular flexibility index (Phi) is 6.04. The van der Waals surface area contributed by atoms with Crippen LogP contribution < -0.4 is 0 Å². The van der Waals surface area contributed by atoms with Gasteiger partial charge in [-0.15, -0.1) is 11.1 Å². The first-order valence-corrected chi connectivity index (χ1v) is 13.6. The van der Waals surface area contributed by atoms with E-state index in [9.17, 15) is 0 Å². The molecule has 0 aliphatic rings. The molecule has 0 saturated carbocycles. The second-order valence-corrected chi connectivity index (χ2v) is 16.4. The third-order valence-corrected chi connectivity index (χ3v) is 13.4. The largest absolute Gasteiger partial charge is 0.104 e. The van der Waals surface area contributed by atoms with Gasteiger partial charge in [-0.25, -0.2) is 0 Å². The molecule has 0 fully saturated rings. The van der Waals surface area contributed by atoms with Gasteiger partial charge in [0, 0.05) is 10.8 Å². The number of aryl methyl sites for hydroxylation is 6. The van der Waals surface area contributed by atoms with Gasteiger partial charge >= 0.3 is 0 Å². The minimum atomic E-state index is -0.312. The third kappa shape index (κ3) is 3.92. The van der Waals surface area contributed by atoms with Gasteiger partial charge in [0.15, 0.2) is 0 Å². The van der Waals surface area contributed by atoms with E-state index in [0.717, 1.165) is 0 Å². The van der Waals surface area contributed by atoms with Crippen LogP contribution in [-0.4, -0.2) is 0 Å². The Morgan fingerprint density at radius 3 is 1.55 bits per heavy atom. The van der Waals surface area contributed by atoms with Crippen molar-refractivity contribution < 1.29 is 0 Å². The van der Waals surface area contributed by atoms with Crippen molar-refractivity contribution in [2.45, 2.75) is 87.0 Å². The SMILES string of the molecule is Cc1cc(C)c(-c2p(C(C)(C)C)[c-](-c3c(C)cc(C)cc3C)[p+]2C(C)C)c(C)c1. The maximum atomic E-state index is 2.46. The van der Waals surface area contributed by atoms with Crippen molar-refractivity contribution in [2.75, 3.05) is 0 Å². The number of hydrogen-bond donors (Lipinski definition) is 0. The van der Waals surface area contributed by atoms with E-state index in [0.29, 0.717) is 5.66 Å². The zero-order chi connectivity index (χ0) is 21.8.